The summed E-state index contributed by atoms with van der Waals surface area (Å²) in [5, 5.41) is 13.4. The quantitative estimate of drug-likeness (QED) is 0.622. The Morgan fingerprint density at radius 1 is 1.20 bits per heavy atom. The fourth-order valence-electron chi connectivity index (χ4n) is 2.04. The number of halogens is 1. The van der Waals surface area contributed by atoms with Gasteiger partial charge in [0.25, 0.3) is 15.7 Å². The molecular weight excluding hydrogens is 353 g/mol. The third-order valence-electron chi connectivity index (χ3n) is 3.22. The number of anilines is 2. The number of carbonyl (C=O) groups is 1. The zero-order valence-corrected chi connectivity index (χ0v) is 14.1. The normalized spacial score (nSPS) is 11.0. The van der Waals surface area contributed by atoms with Gasteiger partial charge in [0.05, 0.1) is 15.5 Å². The maximum atomic E-state index is 13.9. The summed E-state index contributed by atoms with van der Waals surface area (Å²) < 4.78 is 40.7. The number of carbonyl (C=O) groups excluding carboxylic acids is 1. The number of hydrogen-bond acceptors (Lipinski definition) is 5. The van der Waals surface area contributed by atoms with E-state index in [0.717, 1.165) is 18.2 Å². The van der Waals surface area contributed by atoms with E-state index >= 15 is 0 Å². The van der Waals surface area contributed by atoms with Crippen LogP contribution in [0.25, 0.3) is 0 Å². The molecule has 0 atom stereocenters. The topological polar surface area (TPSA) is 118 Å². The van der Waals surface area contributed by atoms with Gasteiger partial charge < -0.3 is 5.32 Å². The Bertz CT molecular complexity index is 960. The SMILES string of the molecule is CC(=O)Nc1ccc(F)c(NS(=O)(=O)c2ccc(C)c([N+](=O)[O-])c2)c1. The van der Waals surface area contributed by atoms with Gasteiger partial charge >= 0.3 is 0 Å². The predicted molar refractivity (Wildman–Crippen MR) is 89.3 cm³/mol. The van der Waals surface area contributed by atoms with Crippen molar-refractivity contribution in [2.45, 2.75) is 18.7 Å². The number of nitrogens with zero attached hydrogens (tertiary/aromatic N) is 1. The summed E-state index contributed by atoms with van der Waals surface area (Å²) in [7, 11) is -4.26. The molecule has 0 unspecified atom stereocenters. The number of hydrogen-bond donors (Lipinski definition) is 2. The molecule has 0 fully saturated rings. The first-order chi connectivity index (χ1) is 11.6. The second kappa shape index (κ2) is 6.85. The Morgan fingerprint density at radius 2 is 1.88 bits per heavy atom. The Morgan fingerprint density at radius 3 is 2.48 bits per heavy atom. The Kier molecular flexibility index (Phi) is 5.02. The number of benzene rings is 2. The number of nitrogens with one attached hydrogen (secondary N) is 2. The molecule has 2 aromatic rings. The maximum Gasteiger partial charge on any atom is 0.273 e. The highest BCUT2D eigenvalue weighted by Crippen LogP contribution is 2.26. The van der Waals surface area contributed by atoms with Crippen LogP contribution in [0.1, 0.15) is 12.5 Å². The molecule has 1 amide bonds. The van der Waals surface area contributed by atoms with E-state index in [1.54, 1.807) is 0 Å². The van der Waals surface area contributed by atoms with Crippen molar-refractivity contribution in [3.05, 3.63) is 57.9 Å². The molecule has 0 bridgehead atoms. The molecule has 0 aliphatic rings. The molecule has 0 heterocycles. The average molecular weight is 367 g/mol. The van der Waals surface area contributed by atoms with E-state index in [2.05, 4.69) is 5.32 Å². The number of amides is 1. The van der Waals surface area contributed by atoms with Crippen LogP contribution < -0.4 is 10.0 Å². The van der Waals surface area contributed by atoms with Crippen LogP contribution in [0.3, 0.4) is 0 Å². The van der Waals surface area contributed by atoms with E-state index < -0.39 is 32.4 Å². The van der Waals surface area contributed by atoms with Gasteiger partial charge in [-0.1, -0.05) is 6.07 Å². The van der Waals surface area contributed by atoms with Gasteiger partial charge in [-0.3, -0.25) is 19.6 Å². The average Bonchev–Trinajstić information content (AvgIpc) is 2.49. The Labute approximate surface area is 142 Å². The fraction of sp³-hybridized carbons (Fsp3) is 0.133. The largest absolute Gasteiger partial charge is 0.326 e. The number of nitro benzene ring substituents is 1. The van der Waals surface area contributed by atoms with Gasteiger partial charge in [0.1, 0.15) is 5.82 Å². The third-order valence-corrected chi connectivity index (χ3v) is 4.58. The van der Waals surface area contributed by atoms with Gasteiger partial charge in [-0.2, -0.15) is 0 Å². The van der Waals surface area contributed by atoms with Gasteiger partial charge in [0.2, 0.25) is 5.91 Å². The van der Waals surface area contributed by atoms with Crippen molar-refractivity contribution in [1.82, 2.24) is 0 Å². The molecule has 10 heteroatoms. The minimum absolute atomic E-state index is 0.196. The Hall–Kier alpha value is -3.01. The molecule has 25 heavy (non-hydrogen) atoms. The van der Waals surface area contributed by atoms with E-state index in [1.165, 1.54) is 32.0 Å². The molecule has 132 valence electrons. The summed E-state index contributed by atoms with van der Waals surface area (Å²) in [6.45, 7) is 2.72. The van der Waals surface area contributed by atoms with Crippen molar-refractivity contribution in [2.24, 2.45) is 0 Å². The fourth-order valence-corrected chi connectivity index (χ4v) is 3.12. The molecular formula is C15H14FN3O5S. The van der Waals surface area contributed by atoms with Crippen LogP contribution in [0, 0.1) is 22.9 Å². The summed E-state index contributed by atoms with van der Waals surface area (Å²) in [5.41, 5.74) is -0.269. The van der Waals surface area contributed by atoms with Crippen LogP contribution in [-0.4, -0.2) is 19.2 Å². The lowest BCUT2D eigenvalue weighted by Gasteiger charge is -2.11. The van der Waals surface area contributed by atoms with Crippen LogP contribution in [0.15, 0.2) is 41.3 Å². The lowest BCUT2D eigenvalue weighted by Crippen LogP contribution is -2.15. The second-order valence-electron chi connectivity index (χ2n) is 5.19. The first-order valence-electron chi connectivity index (χ1n) is 6.95. The van der Waals surface area contributed by atoms with Crippen LogP contribution in [0.2, 0.25) is 0 Å². The summed E-state index contributed by atoms with van der Waals surface area (Å²) in [4.78, 5) is 20.9. The van der Waals surface area contributed by atoms with Crippen molar-refractivity contribution < 1.29 is 22.5 Å². The molecule has 0 aliphatic carbocycles. The minimum atomic E-state index is -4.26. The smallest absolute Gasteiger partial charge is 0.273 e. The summed E-state index contributed by atoms with van der Waals surface area (Å²) in [6, 6.07) is 6.73. The van der Waals surface area contributed by atoms with Crippen molar-refractivity contribution in [3.63, 3.8) is 0 Å². The summed E-state index contributed by atoms with van der Waals surface area (Å²) >= 11 is 0. The molecule has 0 aliphatic heterocycles. The zero-order valence-electron chi connectivity index (χ0n) is 13.2. The summed E-state index contributed by atoms with van der Waals surface area (Å²) in [6.07, 6.45) is 0. The van der Waals surface area contributed by atoms with Gasteiger partial charge in [-0.25, -0.2) is 12.8 Å². The van der Waals surface area contributed by atoms with Crippen LogP contribution in [-0.2, 0) is 14.8 Å². The molecule has 2 rings (SSSR count). The highest BCUT2D eigenvalue weighted by molar-refractivity contribution is 7.92. The molecule has 2 aromatic carbocycles. The number of aryl methyl sites for hydroxylation is 1. The van der Waals surface area contributed by atoms with E-state index in [-0.39, 0.29) is 16.3 Å². The third kappa shape index (κ3) is 4.29. The number of nitro groups is 1. The monoisotopic (exact) mass is 367 g/mol. The number of sulfonamides is 1. The highest BCUT2D eigenvalue weighted by atomic mass is 32.2. The van der Waals surface area contributed by atoms with Crippen LogP contribution in [0.4, 0.5) is 21.5 Å². The van der Waals surface area contributed by atoms with E-state index in [0.29, 0.717) is 5.56 Å². The highest BCUT2D eigenvalue weighted by Gasteiger charge is 2.21. The predicted octanol–water partition coefficient (Wildman–Crippen LogP) is 2.80. The van der Waals surface area contributed by atoms with Crippen molar-refractivity contribution in [1.29, 1.82) is 0 Å². The zero-order chi connectivity index (χ0) is 18.8. The molecule has 0 radical (unpaired) electrons. The van der Waals surface area contributed by atoms with E-state index in [9.17, 15) is 27.7 Å². The Balaban J connectivity index is 2.41. The first-order valence-corrected chi connectivity index (χ1v) is 8.43. The lowest BCUT2D eigenvalue weighted by atomic mass is 10.2. The summed E-state index contributed by atoms with van der Waals surface area (Å²) in [5.74, 6) is -1.27. The minimum Gasteiger partial charge on any atom is -0.326 e. The van der Waals surface area contributed by atoms with E-state index in [1.807, 2.05) is 4.72 Å². The van der Waals surface area contributed by atoms with Gasteiger partial charge in [0.15, 0.2) is 0 Å². The van der Waals surface area contributed by atoms with Crippen LogP contribution >= 0.6 is 0 Å². The molecule has 0 saturated carbocycles. The van der Waals surface area contributed by atoms with Gasteiger partial charge in [0, 0.05) is 24.2 Å². The van der Waals surface area contributed by atoms with E-state index in [4.69, 9.17) is 0 Å². The molecule has 8 nitrogen and oxygen atoms in total. The molecule has 2 N–H and O–H groups in total. The van der Waals surface area contributed by atoms with Crippen molar-refractivity contribution in [3.8, 4) is 0 Å². The standard InChI is InChI=1S/C15H14FN3O5S/c1-9-3-5-12(8-15(9)19(21)22)25(23,24)18-14-7-11(17-10(2)20)4-6-13(14)16/h3-8,18H,1-2H3,(H,17,20). The molecule has 0 spiro atoms. The molecule has 0 saturated heterocycles. The van der Waals surface area contributed by atoms with Gasteiger partial charge in [-0.05, 0) is 31.2 Å². The first kappa shape index (κ1) is 18.3. The van der Waals surface area contributed by atoms with Crippen molar-refractivity contribution >= 4 is 33.0 Å². The van der Waals surface area contributed by atoms with Crippen LogP contribution in [0.5, 0.6) is 0 Å². The second-order valence-corrected chi connectivity index (χ2v) is 6.87. The van der Waals surface area contributed by atoms with Gasteiger partial charge in [-0.15, -0.1) is 0 Å². The van der Waals surface area contributed by atoms with Crippen molar-refractivity contribution in [2.75, 3.05) is 10.0 Å². The maximum absolute atomic E-state index is 13.9. The molecule has 0 aromatic heterocycles. The lowest BCUT2D eigenvalue weighted by molar-refractivity contribution is -0.385. The number of rotatable bonds is 5.